The number of aromatic nitrogens is 1. The number of nitrogens with zero attached hydrogens (tertiary/aromatic N) is 1. The molecule has 2 heteroatoms. The maximum atomic E-state index is 4.52. The van der Waals surface area contributed by atoms with Crippen LogP contribution in [0.15, 0.2) is 36.4 Å². The maximum Gasteiger partial charge on any atom is 0.0705 e. The molecule has 0 amide bonds. The molecule has 1 aromatic heterocycles. The van der Waals surface area contributed by atoms with E-state index in [1.165, 1.54) is 10.9 Å². The highest BCUT2D eigenvalue weighted by Crippen LogP contribution is 2.15. The molecule has 1 aromatic carbocycles. The first kappa shape index (κ1) is 14.7. The average Bonchev–Trinajstić information content (AvgIpc) is 2.42. The van der Waals surface area contributed by atoms with Gasteiger partial charge in [0.25, 0.3) is 0 Å². The lowest BCUT2D eigenvalue weighted by molar-refractivity contribution is 0.557. The third-order valence-corrected chi connectivity index (χ3v) is 3.20. The molecule has 0 aliphatic carbocycles. The Hall–Kier alpha value is -1.67. The van der Waals surface area contributed by atoms with E-state index in [0.717, 1.165) is 36.6 Å². The zero-order valence-corrected chi connectivity index (χ0v) is 12.7. The van der Waals surface area contributed by atoms with Crippen molar-refractivity contribution < 1.29 is 0 Å². The molecule has 0 radical (unpaired) electrons. The van der Waals surface area contributed by atoms with E-state index in [-0.39, 0.29) is 0 Å². The van der Waals surface area contributed by atoms with Gasteiger partial charge < -0.3 is 5.32 Å². The Kier molecular flexibility index (Phi) is 5.31. The molecular weight excluding hydrogens is 244 g/mol. The van der Waals surface area contributed by atoms with Crippen molar-refractivity contribution in [1.82, 2.24) is 10.3 Å². The van der Waals surface area contributed by atoms with Gasteiger partial charge in [0.15, 0.2) is 0 Å². The van der Waals surface area contributed by atoms with Crippen molar-refractivity contribution in [2.24, 2.45) is 5.92 Å². The van der Waals surface area contributed by atoms with Crippen molar-refractivity contribution in [1.29, 1.82) is 0 Å². The van der Waals surface area contributed by atoms with Crippen molar-refractivity contribution in [2.45, 2.75) is 27.2 Å². The predicted octanol–water partition coefficient (Wildman–Crippen LogP) is 4.19. The summed E-state index contributed by atoms with van der Waals surface area (Å²) in [6.45, 7) is 8.62. The average molecular weight is 268 g/mol. The van der Waals surface area contributed by atoms with Gasteiger partial charge in [-0.2, -0.15) is 0 Å². The van der Waals surface area contributed by atoms with Crippen LogP contribution in [-0.4, -0.2) is 18.1 Å². The first-order valence-electron chi connectivity index (χ1n) is 7.40. The lowest BCUT2D eigenvalue weighted by Gasteiger charge is -2.05. The number of rotatable bonds is 6. The number of benzene rings is 1. The Bertz CT molecular complexity index is 585. The third-order valence-electron chi connectivity index (χ3n) is 3.20. The molecule has 0 aliphatic rings. The number of hydrogen-bond donors (Lipinski definition) is 1. The van der Waals surface area contributed by atoms with Gasteiger partial charge in [-0.3, -0.25) is 4.98 Å². The number of fused-ring (bicyclic) bond motifs is 1. The van der Waals surface area contributed by atoms with Crippen LogP contribution in [0.2, 0.25) is 0 Å². The monoisotopic (exact) mass is 268 g/mol. The Labute approximate surface area is 121 Å². The summed E-state index contributed by atoms with van der Waals surface area (Å²) in [5, 5.41) is 4.65. The molecule has 20 heavy (non-hydrogen) atoms. The second-order valence-electron chi connectivity index (χ2n) is 5.69. The molecule has 1 N–H and O–H groups in total. The minimum absolute atomic E-state index is 0.718. The number of aryl methyl sites for hydroxylation is 1. The quantitative estimate of drug-likeness (QED) is 0.794. The van der Waals surface area contributed by atoms with E-state index in [1.807, 2.05) is 6.92 Å². The molecule has 0 spiro atoms. The molecule has 106 valence electrons. The van der Waals surface area contributed by atoms with Crippen LogP contribution < -0.4 is 5.32 Å². The van der Waals surface area contributed by atoms with Gasteiger partial charge in [0.05, 0.1) is 5.52 Å². The van der Waals surface area contributed by atoms with E-state index < -0.39 is 0 Å². The second-order valence-corrected chi connectivity index (χ2v) is 5.69. The first-order chi connectivity index (χ1) is 9.65. The van der Waals surface area contributed by atoms with E-state index in [4.69, 9.17) is 0 Å². The normalized spacial score (nSPS) is 11.8. The zero-order chi connectivity index (χ0) is 14.4. The molecule has 1 heterocycles. The first-order valence-corrected chi connectivity index (χ1v) is 7.40. The molecule has 2 nitrogen and oxygen atoms in total. The van der Waals surface area contributed by atoms with Gasteiger partial charge in [0.1, 0.15) is 0 Å². The predicted molar refractivity (Wildman–Crippen MR) is 87.8 cm³/mol. The van der Waals surface area contributed by atoms with Crippen molar-refractivity contribution in [3.63, 3.8) is 0 Å². The summed E-state index contributed by atoms with van der Waals surface area (Å²) >= 11 is 0. The largest absolute Gasteiger partial charge is 0.316 e. The van der Waals surface area contributed by atoms with Crippen LogP contribution in [0.3, 0.4) is 0 Å². The second kappa shape index (κ2) is 7.20. The Morgan fingerprint density at radius 1 is 1.20 bits per heavy atom. The van der Waals surface area contributed by atoms with Crippen LogP contribution in [0.5, 0.6) is 0 Å². The molecule has 0 fully saturated rings. The fourth-order valence-corrected chi connectivity index (χ4v) is 2.15. The molecule has 2 rings (SSSR count). The SMILES string of the molecule is Cc1ccc2cc(/C=C/CCNCC(C)C)ccc2n1. The Morgan fingerprint density at radius 3 is 2.85 bits per heavy atom. The van der Waals surface area contributed by atoms with Crippen molar-refractivity contribution in [2.75, 3.05) is 13.1 Å². The topological polar surface area (TPSA) is 24.9 Å². The molecule has 0 unspecified atom stereocenters. The summed E-state index contributed by atoms with van der Waals surface area (Å²) < 4.78 is 0. The van der Waals surface area contributed by atoms with Crippen LogP contribution in [0.1, 0.15) is 31.5 Å². The molecule has 0 atom stereocenters. The highest BCUT2D eigenvalue weighted by atomic mass is 14.8. The van der Waals surface area contributed by atoms with Gasteiger partial charge >= 0.3 is 0 Å². The number of hydrogen-bond acceptors (Lipinski definition) is 2. The molecule has 2 aromatic rings. The minimum atomic E-state index is 0.718. The van der Waals surface area contributed by atoms with Crippen LogP contribution in [0.25, 0.3) is 17.0 Å². The van der Waals surface area contributed by atoms with Gasteiger partial charge in [-0.25, -0.2) is 0 Å². The zero-order valence-electron chi connectivity index (χ0n) is 12.7. The van der Waals surface area contributed by atoms with E-state index in [0.29, 0.717) is 0 Å². The standard InChI is InChI=1S/C18H24N2/c1-14(2)13-19-11-5-4-6-16-8-10-18-17(12-16)9-7-15(3)20-18/h4,6-10,12,14,19H,5,11,13H2,1-3H3/b6-4+. The number of nitrogens with one attached hydrogen (secondary N) is 1. The minimum Gasteiger partial charge on any atom is -0.316 e. The fraction of sp³-hybridized carbons (Fsp3) is 0.389. The van der Waals surface area contributed by atoms with Crippen molar-refractivity contribution in [3.05, 3.63) is 47.7 Å². The molecule has 0 bridgehead atoms. The van der Waals surface area contributed by atoms with Crippen LogP contribution in [-0.2, 0) is 0 Å². The molecule has 0 saturated carbocycles. The highest BCUT2D eigenvalue weighted by molar-refractivity contribution is 5.81. The van der Waals surface area contributed by atoms with Crippen LogP contribution in [0.4, 0.5) is 0 Å². The summed E-state index contributed by atoms with van der Waals surface area (Å²) in [5.41, 5.74) is 3.38. The molecule has 0 saturated heterocycles. The molecule has 0 aliphatic heterocycles. The lowest BCUT2D eigenvalue weighted by atomic mass is 10.1. The van der Waals surface area contributed by atoms with Gasteiger partial charge in [-0.1, -0.05) is 38.1 Å². The van der Waals surface area contributed by atoms with Gasteiger partial charge in [0.2, 0.25) is 0 Å². The summed E-state index contributed by atoms with van der Waals surface area (Å²) in [5.74, 6) is 0.718. The van der Waals surface area contributed by atoms with Gasteiger partial charge in [0, 0.05) is 11.1 Å². The van der Waals surface area contributed by atoms with Crippen molar-refractivity contribution >= 4 is 17.0 Å². The Morgan fingerprint density at radius 2 is 2.05 bits per heavy atom. The van der Waals surface area contributed by atoms with Crippen LogP contribution in [0, 0.1) is 12.8 Å². The highest BCUT2D eigenvalue weighted by Gasteiger charge is 1.96. The van der Waals surface area contributed by atoms with E-state index in [1.54, 1.807) is 0 Å². The molecular formula is C18H24N2. The smallest absolute Gasteiger partial charge is 0.0705 e. The van der Waals surface area contributed by atoms with E-state index in [9.17, 15) is 0 Å². The lowest BCUT2D eigenvalue weighted by Crippen LogP contribution is -2.20. The van der Waals surface area contributed by atoms with Crippen LogP contribution >= 0.6 is 0 Å². The van der Waals surface area contributed by atoms with Gasteiger partial charge in [-0.15, -0.1) is 0 Å². The van der Waals surface area contributed by atoms with Crippen molar-refractivity contribution in [3.8, 4) is 0 Å². The fourth-order valence-electron chi connectivity index (χ4n) is 2.15. The summed E-state index contributed by atoms with van der Waals surface area (Å²) in [6, 6.07) is 10.6. The van der Waals surface area contributed by atoms with E-state index >= 15 is 0 Å². The Balaban J connectivity index is 1.91. The number of pyridine rings is 1. The summed E-state index contributed by atoms with van der Waals surface area (Å²) in [7, 11) is 0. The van der Waals surface area contributed by atoms with Gasteiger partial charge in [-0.05, 0) is 56.1 Å². The van der Waals surface area contributed by atoms with E-state index in [2.05, 4.69) is 66.6 Å². The summed E-state index contributed by atoms with van der Waals surface area (Å²) in [4.78, 5) is 4.52. The summed E-state index contributed by atoms with van der Waals surface area (Å²) in [6.07, 6.45) is 5.49. The third kappa shape index (κ3) is 4.46. The maximum absolute atomic E-state index is 4.52.